The van der Waals surface area contributed by atoms with Crippen molar-refractivity contribution in [2.75, 3.05) is 7.11 Å². The summed E-state index contributed by atoms with van der Waals surface area (Å²) in [6, 6.07) is 2.03. The van der Waals surface area contributed by atoms with Crippen molar-refractivity contribution in [3.63, 3.8) is 0 Å². The van der Waals surface area contributed by atoms with Crippen LogP contribution in [0.5, 0.6) is 0 Å². The van der Waals surface area contributed by atoms with E-state index in [-0.39, 0.29) is 5.97 Å². The van der Waals surface area contributed by atoms with Gasteiger partial charge >= 0.3 is 5.97 Å². The highest BCUT2D eigenvalue weighted by Gasteiger charge is 2.11. The molecule has 0 N–H and O–H groups in total. The molecule has 0 saturated heterocycles. The zero-order valence-electron chi connectivity index (χ0n) is 6.83. The molecule has 0 radical (unpaired) electrons. The molecular formula is C9H9NO2. The summed E-state index contributed by atoms with van der Waals surface area (Å²) in [6.07, 6.45) is 4.82. The Morgan fingerprint density at radius 2 is 2.50 bits per heavy atom. The highest BCUT2D eigenvalue weighted by atomic mass is 16.5. The van der Waals surface area contributed by atoms with E-state index in [1.807, 2.05) is 6.07 Å². The second-order valence-corrected chi connectivity index (χ2v) is 2.47. The third-order valence-corrected chi connectivity index (χ3v) is 1.67. The van der Waals surface area contributed by atoms with Crippen LogP contribution in [0.1, 0.15) is 12.8 Å². The third-order valence-electron chi connectivity index (χ3n) is 1.67. The van der Waals surface area contributed by atoms with Crippen LogP contribution in [0.15, 0.2) is 23.3 Å². The highest BCUT2D eigenvalue weighted by Crippen LogP contribution is 2.16. The van der Waals surface area contributed by atoms with E-state index in [2.05, 4.69) is 4.74 Å². The number of methoxy groups -OCH3 is 1. The standard InChI is InChI=1S/C9H9NO2/c1-12-9(11)8-4-2-3-7(5-8)6-10/h4-5H,2-3H2,1H3. The minimum atomic E-state index is -0.373. The van der Waals surface area contributed by atoms with Gasteiger partial charge in [-0.3, -0.25) is 0 Å². The van der Waals surface area contributed by atoms with Crippen molar-refractivity contribution in [1.82, 2.24) is 0 Å². The average Bonchev–Trinajstić information content (AvgIpc) is 2.17. The molecule has 1 aliphatic carbocycles. The fourth-order valence-corrected chi connectivity index (χ4v) is 1.05. The number of rotatable bonds is 1. The molecule has 0 aromatic heterocycles. The molecule has 62 valence electrons. The molecule has 12 heavy (non-hydrogen) atoms. The Bertz CT molecular complexity index is 294. The lowest BCUT2D eigenvalue weighted by molar-refractivity contribution is -0.135. The molecule has 0 fully saturated rings. The summed E-state index contributed by atoms with van der Waals surface area (Å²) in [5.74, 6) is -0.373. The van der Waals surface area contributed by atoms with Gasteiger partial charge in [-0.05, 0) is 18.9 Å². The predicted octanol–water partition coefficient (Wildman–Crippen LogP) is 1.33. The van der Waals surface area contributed by atoms with Crippen LogP contribution in [-0.2, 0) is 9.53 Å². The van der Waals surface area contributed by atoms with Gasteiger partial charge in [-0.2, -0.15) is 5.26 Å². The first-order chi connectivity index (χ1) is 5.77. The minimum absolute atomic E-state index is 0.373. The molecule has 0 aromatic rings. The van der Waals surface area contributed by atoms with Gasteiger partial charge in [-0.25, -0.2) is 4.79 Å². The van der Waals surface area contributed by atoms with E-state index in [4.69, 9.17) is 5.26 Å². The molecule has 0 aliphatic heterocycles. The maximum absolute atomic E-state index is 11.0. The summed E-state index contributed by atoms with van der Waals surface area (Å²) >= 11 is 0. The molecule has 0 spiro atoms. The van der Waals surface area contributed by atoms with Gasteiger partial charge in [0.1, 0.15) is 0 Å². The lowest BCUT2D eigenvalue weighted by Crippen LogP contribution is -2.05. The van der Waals surface area contributed by atoms with Crippen LogP contribution in [0.4, 0.5) is 0 Å². The van der Waals surface area contributed by atoms with Crippen LogP contribution >= 0.6 is 0 Å². The molecule has 3 heteroatoms. The number of carbonyl (C=O) groups is 1. The summed E-state index contributed by atoms with van der Waals surface area (Å²) in [6.45, 7) is 0. The number of hydrogen-bond donors (Lipinski definition) is 0. The summed E-state index contributed by atoms with van der Waals surface area (Å²) in [7, 11) is 1.33. The molecule has 3 nitrogen and oxygen atoms in total. The molecule has 0 aromatic carbocycles. The maximum atomic E-state index is 11.0. The number of hydrogen-bond acceptors (Lipinski definition) is 3. The van der Waals surface area contributed by atoms with Crippen molar-refractivity contribution < 1.29 is 9.53 Å². The monoisotopic (exact) mass is 163 g/mol. The Labute approximate surface area is 70.9 Å². The van der Waals surface area contributed by atoms with Crippen LogP contribution in [0.3, 0.4) is 0 Å². The van der Waals surface area contributed by atoms with Crippen LogP contribution < -0.4 is 0 Å². The summed E-state index contributed by atoms with van der Waals surface area (Å²) in [5.41, 5.74) is 1.12. The van der Waals surface area contributed by atoms with Gasteiger partial charge in [-0.15, -0.1) is 0 Å². The normalized spacial score (nSPS) is 15.7. The fraction of sp³-hybridized carbons (Fsp3) is 0.333. The lowest BCUT2D eigenvalue weighted by Gasteiger charge is -2.06. The molecule has 1 aliphatic rings. The number of nitriles is 1. The van der Waals surface area contributed by atoms with E-state index in [9.17, 15) is 4.79 Å². The summed E-state index contributed by atoms with van der Waals surface area (Å²) < 4.78 is 4.52. The largest absolute Gasteiger partial charge is 0.465 e. The maximum Gasteiger partial charge on any atom is 0.337 e. The number of esters is 1. The van der Waals surface area contributed by atoms with Gasteiger partial charge in [-0.1, -0.05) is 6.08 Å². The lowest BCUT2D eigenvalue weighted by atomic mass is 10.0. The van der Waals surface area contributed by atoms with Crippen molar-refractivity contribution in [3.8, 4) is 6.07 Å². The molecule has 0 saturated carbocycles. The van der Waals surface area contributed by atoms with Crippen molar-refractivity contribution in [1.29, 1.82) is 5.26 Å². The fourth-order valence-electron chi connectivity index (χ4n) is 1.05. The first-order valence-electron chi connectivity index (χ1n) is 3.67. The molecule has 0 unspecified atom stereocenters. The highest BCUT2D eigenvalue weighted by molar-refractivity contribution is 5.92. The predicted molar refractivity (Wildman–Crippen MR) is 43.0 cm³/mol. The van der Waals surface area contributed by atoms with Crippen molar-refractivity contribution in [2.24, 2.45) is 0 Å². The Hall–Kier alpha value is -1.56. The first-order valence-corrected chi connectivity index (χ1v) is 3.67. The Morgan fingerprint density at radius 3 is 3.08 bits per heavy atom. The second kappa shape index (κ2) is 3.72. The molecule has 0 amide bonds. The van der Waals surface area contributed by atoms with Crippen LogP contribution in [-0.4, -0.2) is 13.1 Å². The van der Waals surface area contributed by atoms with E-state index in [1.165, 1.54) is 7.11 Å². The van der Waals surface area contributed by atoms with Crippen LogP contribution in [0, 0.1) is 11.3 Å². The van der Waals surface area contributed by atoms with Gasteiger partial charge in [0.2, 0.25) is 0 Å². The molecule has 0 bridgehead atoms. The van der Waals surface area contributed by atoms with Gasteiger partial charge in [0, 0.05) is 5.57 Å². The molecule has 0 atom stereocenters. The zero-order chi connectivity index (χ0) is 8.97. The van der Waals surface area contributed by atoms with Gasteiger partial charge in [0.25, 0.3) is 0 Å². The van der Waals surface area contributed by atoms with E-state index in [0.717, 1.165) is 12.8 Å². The topological polar surface area (TPSA) is 50.1 Å². The summed E-state index contributed by atoms with van der Waals surface area (Å²) in [4.78, 5) is 11.0. The smallest absolute Gasteiger partial charge is 0.337 e. The van der Waals surface area contributed by atoms with Gasteiger partial charge in [0.05, 0.1) is 18.8 Å². The quantitative estimate of drug-likeness (QED) is 0.548. The van der Waals surface area contributed by atoms with E-state index >= 15 is 0 Å². The minimum Gasteiger partial charge on any atom is -0.465 e. The second-order valence-electron chi connectivity index (χ2n) is 2.47. The van der Waals surface area contributed by atoms with Crippen LogP contribution in [0.2, 0.25) is 0 Å². The number of carbonyl (C=O) groups excluding carboxylic acids is 1. The molecule has 0 heterocycles. The molecular weight excluding hydrogens is 154 g/mol. The first kappa shape index (κ1) is 8.54. The number of ether oxygens (including phenoxy) is 1. The number of nitrogens with zero attached hydrogens (tertiary/aromatic N) is 1. The van der Waals surface area contributed by atoms with E-state index in [1.54, 1.807) is 12.2 Å². The number of allylic oxidation sites excluding steroid dienone is 2. The van der Waals surface area contributed by atoms with E-state index < -0.39 is 0 Å². The third kappa shape index (κ3) is 1.73. The van der Waals surface area contributed by atoms with Crippen molar-refractivity contribution >= 4 is 5.97 Å². The average molecular weight is 163 g/mol. The molecule has 1 rings (SSSR count). The SMILES string of the molecule is COC(=O)C1=CCCC(C#N)=C1. The Kier molecular flexibility index (Phi) is 2.65. The Balaban J connectivity index is 2.81. The van der Waals surface area contributed by atoms with Gasteiger partial charge < -0.3 is 4.74 Å². The van der Waals surface area contributed by atoms with E-state index in [0.29, 0.717) is 11.1 Å². The van der Waals surface area contributed by atoms with Crippen LogP contribution in [0.25, 0.3) is 0 Å². The van der Waals surface area contributed by atoms with Crippen molar-refractivity contribution in [2.45, 2.75) is 12.8 Å². The summed E-state index contributed by atoms with van der Waals surface area (Å²) in [5, 5.41) is 8.57. The van der Waals surface area contributed by atoms with Gasteiger partial charge in [0.15, 0.2) is 0 Å². The zero-order valence-corrected chi connectivity index (χ0v) is 6.83. The Morgan fingerprint density at radius 1 is 1.75 bits per heavy atom. The van der Waals surface area contributed by atoms with Crippen molar-refractivity contribution in [3.05, 3.63) is 23.3 Å².